The molecule has 104 valence electrons. The topological polar surface area (TPSA) is 62.1 Å². The van der Waals surface area contributed by atoms with E-state index in [9.17, 15) is 4.79 Å². The summed E-state index contributed by atoms with van der Waals surface area (Å²) in [5.41, 5.74) is 1.64. The van der Waals surface area contributed by atoms with E-state index in [0.717, 1.165) is 5.56 Å². The van der Waals surface area contributed by atoms with Crippen molar-refractivity contribution in [1.29, 1.82) is 5.26 Å². The molecule has 1 N–H and O–H groups in total. The van der Waals surface area contributed by atoms with E-state index in [1.54, 1.807) is 26.8 Å². The van der Waals surface area contributed by atoms with Crippen molar-refractivity contribution < 1.29 is 9.53 Å². The molecule has 0 bridgehead atoms. The van der Waals surface area contributed by atoms with Crippen LogP contribution in [0.3, 0.4) is 0 Å². The molecule has 0 unspecified atom stereocenters. The van der Waals surface area contributed by atoms with Crippen molar-refractivity contribution in [3.8, 4) is 17.9 Å². The maximum absolute atomic E-state index is 11.4. The predicted molar refractivity (Wildman–Crippen MR) is 77.0 cm³/mol. The van der Waals surface area contributed by atoms with Crippen LogP contribution in [0.1, 0.15) is 37.5 Å². The summed E-state index contributed by atoms with van der Waals surface area (Å²) in [6, 6.07) is 7.54. The molecule has 0 aliphatic carbocycles. The van der Waals surface area contributed by atoms with Crippen molar-refractivity contribution in [3.63, 3.8) is 0 Å². The van der Waals surface area contributed by atoms with E-state index < -0.39 is 11.7 Å². The van der Waals surface area contributed by atoms with Gasteiger partial charge in [-0.25, -0.2) is 4.79 Å². The van der Waals surface area contributed by atoms with Gasteiger partial charge in [0.1, 0.15) is 11.7 Å². The van der Waals surface area contributed by atoms with Gasteiger partial charge in [0.2, 0.25) is 0 Å². The number of hydrogen-bond acceptors (Lipinski definition) is 3. The van der Waals surface area contributed by atoms with E-state index >= 15 is 0 Å². The molecule has 1 rings (SSSR count). The normalized spacial score (nSPS) is 9.95. The highest BCUT2D eigenvalue weighted by molar-refractivity contribution is 5.68. The Labute approximate surface area is 119 Å². The van der Waals surface area contributed by atoms with Crippen molar-refractivity contribution in [2.75, 3.05) is 6.54 Å². The minimum absolute atomic E-state index is 0.175. The Morgan fingerprint density at radius 1 is 1.40 bits per heavy atom. The second kappa shape index (κ2) is 6.63. The summed E-state index contributed by atoms with van der Waals surface area (Å²) in [6.07, 6.45) is -0.503. The summed E-state index contributed by atoms with van der Waals surface area (Å²) in [6.45, 7) is 7.46. The zero-order valence-electron chi connectivity index (χ0n) is 12.2. The number of nitrogens with one attached hydrogen (secondary N) is 1. The molecule has 0 heterocycles. The molecule has 0 fully saturated rings. The largest absolute Gasteiger partial charge is 0.444 e. The maximum Gasteiger partial charge on any atom is 0.408 e. The molecule has 20 heavy (non-hydrogen) atoms. The number of aryl methyl sites for hydroxylation is 1. The van der Waals surface area contributed by atoms with Crippen molar-refractivity contribution in [2.45, 2.75) is 33.3 Å². The van der Waals surface area contributed by atoms with Gasteiger partial charge in [-0.1, -0.05) is 24.0 Å². The minimum atomic E-state index is -0.526. The summed E-state index contributed by atoms with van der Waals surface area (Å²) in [5.74, 6) is 5.73. The van der Waals surface area contributed by atoms with Gasteiger partial charge in [-0.05, 0) is 39.3 Å². The summed E-state index contributed by atoms with van der Waals surface area (Å²) in [4.78, 5) is 11.4. The third-order valence-corrected chi connectivity index (χ3v) is 2.33. The number of nitriles is 1. The number of hydrogen-bond donors (Lipinski definition) is 1. The number of carbonyl (C=O) groups excluding carboxylic acids is 1. The minimum Gasteiger partial charge on any atom is -0.444 e. The fourth-order valence-electron chi connectivity index (χ4n) is 1.49. The van der Waals surface area contributed by atoms with Gasteiger partial charge in [-0.2, -0.15) is 5.26 Å². The van der Waals surface area contributed by atoms with Crippen LogP contribution in [0, 0.1) is 30.1 Å². The fraction of sp³-hybridized carbons (Fsp3) is 0.375. The van der Waals surface area contributed by atoms with Crippen molar-refractivity contribution in [3.05, 3.63) is 34.9 Å². The van der Waals surface area contributed by atoms with Gasteiger partial charge in [0, 0.05) is 5.56 Å². The van der Waals surface area contributed by atoms with Crippen molar-refractivity contribution >= 4 is 6.09 Å². The standard InChI is InChI=1S/C16H18N2O2/c1-12-7-5-8-13(11-17)14(12)9-6-10-18-15(19)20-16(2,3)4/h5,7-8H,10H2,1-4H3,(H,18,19). The zero-order chi connectivity index (χ0) is 15.2. The van der Waals surface area contributed by atoms with Crippen LogP contribution in [0.15, 0.2) is 18.2 Å². The number of benzene rings is 1. The summed E-state index contributed by atoms with van der Waals surface area (Å²) in [7, 11) is 0. The molecule has 4 nitrogen and oxygen atoms in total. The Morgan fingerprint density at radius 2 is 2.10 bits per heavy atom. The second-order valence-corrected chi connectivity index (χ2v) is 5.27. The van der Waals surface area contributed by atoms with E-state index in [0.29, 0.717) is 11.1 Å². The van der Waals surface area contributed by atoms with Crippen LogP contribution in [-0.4, -0.2) is 18.2 Å². The lowest BCUT2D eigenvalue weighted by atomic mass is 10.0. The number of carbonyl (C=O) groups is 1. The molecule has 0 saturated heterocycles. The quantitative estimate of drug-likeness (QED) is 0.798. The van der Waals surface area contributed by atoms with Gasteiger partial charge in [-0.15, -0.1) is 0 Å². The Balaban J connectivity index is 2.65. The Bertz CT molecular complexity index is 596. The first-order chi connectivity index (χ1) is 9.33. The molecule has 0 aromatic heterocycles. The van der Waals surface area contributed by atoms with Crippen LogP contribution in [-0.2, 0) is 4.74 Å². The van der Waals surface area contributed by atoms with Gasteiger partial charge < -0.3 is 10.1 Å². The summed E-state index contributed by atoms with van der Waals surface area (Å²) >= 11 is 0. The maximum atomic E-state index is 11.4. The lowest BCUT2D eigenvalue weighted by Crippen LogP contribution is -2.32. The van der Waals surface area contributed by atoms with Crippen LogP contribution in [0.4, 0.5) is 4.79 Å². The molecule has 1 amide bonds. The smallest absolute Gasteiger partial charge is 0.408 e. The molecule has 4 heteroatoms. The lowest BCUT2D eigenvalue weighted by molar-refractivity contribution is 0.0535. The van der Waals surface area contributed by atoms with E-state index in [4.69, 9.17) is 10.00 Å². The summed E-state index contributed by atoms with van der Waals surface area (Å²) < 4.78 is 5.09. The van der Waals surface area contributed by atoms with Crippen molar-refractivity contribution in [2.24, 2.45) is 0 Å². The highest BCUT2D eigenvalue weighted by atomic mass is 16.6. The molecule has 1 aromatic carbocycles. The Kier molecular flexibility index (Phi) is 5.17. The van der Waals surface area contributed by atoms with Gasteiger partial charge in [0.25, 0.3) is 0 Å². The van der Waals surface area contributed by atoms with Gasteiger partial charge in [0.05, 0.1) is 12.1 Å². The first-order valence-corrected chi connectivity index (χ1v) is 6.29. The number of ether oxygens (including phenoxy) is 1. The second-order valence-electron chi connectivity index (χ2n) is 5.27. The number of nitrogens with zero attached hydrogens (tertiary/aromatic N) is 1. The van der Waals surface area contributed by atoms with Crippen LogP contribution in [0.25, 0.3) is 0 Å². The molecule has 1 aromatic rings. The van der Waals surface area contributed by atoms with Crippen LogP contribution in [0.5, 0.6) is 0 Å². The molecule has 0 radical (unpaired) electrons. The van der Waals surface area contributed by atoms with E-state index in [1.165, 1.54) is 0 Å². The first kappa shape index (κ1) is 15.6. The van der Waals surface area contributed by atoms with Gasteiger partial charge in [-0.3, -0.25) is 0 Å². The molecule has 0 aliphatic rings. The molecule has 0 aliphatic heterocycles. The van der Waals surface area contributed by atoms with E-state index in [-0.39, 0.29) is 6.54 Å². The van der Waals surface area contributed by atoms with E-state index in [1.807, 2.05) is 19.1 Å². The Morgan fingerprint density at radius 3 is 2.70 bits per heavy atom. The average molecular weight is 270 g/mol. The molecular weight excluding hydrogens is 252 g/mol. The third-order valence-electron chi connectivity index (χ3n) is 2.33. The lowest BCUT2D eigenvalue weighted by Gasteiger charge is -2.19. The molecular formula is C16H18N2O2. The molecule has 0 saturated carbocycles. The van der Waals surface area contributed by atoms with Gasteiger partial charge in [0.15, 0.2) is 0 Å². The van der Waals surface area contributed by atoms with Crippen LogP contribution >= 0.6 is 0 Å². The number of rotatable bonds is 1. The average Bonchev–Trinajstić information content (AvgIpc) is 2.33. The Hall–Kier alpha value is -2.46. The first-order valence-electron chi connectivity index (χ1n) is 6.29. The monoisotopic (exact) mass is 270 g/mol. The SMILES string of the molecule is Cc1cccc(C#N)c1C#CCNC(=O)OC(C)(C)C. The third kappa shape index (κ3) is 5.04. The van der Waals surface area contributed by atoms with Crippen LogP contribution in [0.2, 0.25) is 0 Å². The number of amides is 1. The zero-order valence-corrected chi connectivity index (χ0v) is 12.2. The predicted octanol–water partition coefficient (Wildman–Crippen LogP) is 2.74. The number of alkyl carbamates (subject to hydrolysis) is 1. The van der Waals surface area contributed by atoms with Crippen LogP contribution < -0.4 is 5.32 Å². The summed E-state index contributed by atoms with van der Waals surface area (Å²) in [5, 5.41) is 11.6. The fourth-order valence-corrected chi connectivity index (χ4v) is 1.49. The highest BCUT2D eigenvalue weighted by Crippen LogP contribution is 2.11. The van der Waals surface area contributed by atoms with E-state index in [2.05, 4.69) is 23.2 Å². The molecule has 0 atom stereocenters. The van der Waals surface area contributed by atoms with Gasteiger partial charge >= 0.3 is 6.09 Å². The molecule has 0 spiro atoms. The highest BCUT2D eigenvalue weighted by Gasteiger charge is 2.15. The van der Waals surface area contributed by atoms with Crippen molar-refractivity contribution in [1.82, 2.24) is 5.32 Å².